The zero-order valence-electron chi connectivity index (χ0n) is 15.0. The van der Waals surface area contributed by atoms with E-state index in [2.05, 4.69) is 9.97 Å². The molecule has 144 valence electrons. The number of hydrogen-bond donors (Lipinski definition) is 0. The first-order valence-corrected chi connectivity index (χ1v) is 8.77. The van der Waals surface area contributed by atoms with Gasteiger partial charge in [-0.25, -0.2) is 9.97 Å². The van der Waals surface area contributed by atoms with Crippen molar-refractivity contribution in [3.63, 3.8) is 0 Å². The third kappa shape index (κ3) is 4.33. The molecule has 3 heterocycles. The Labute approximate surface area is 155 Å². The van der Waals surface area contributed by atoms with Gasteiger partial charge in [-0.3, -0.25) is 14.9 Å². The number of anilines is 2. The minimum absolute atomic E-state index is 0.0781. The van der Waals surface area contributed by atoms with Gasteiger partial charge < -0.3 is 19.0 Å². The predicted molar refractivity (Wildman–Crippen MR) is 96.5 cm³/mol. The van der Waals surface area contributed by atoms with Gasteiger partial charge in [0.1, 0.15) is 12.1 Å². The second-order valence-corrected chi connectivity index (χ2v) is 6.02. The lowest BCUT2D eigenvalue weighted by atomic mass is 10.2. The summed E-state index contributed by atoms with van der Waals surface area (Å²) in [6.45, 7) is 3.90. The lowest BCUT2D eigenvalue weighted by molar-refractivity contribution is -0.383. The fraction of sp³-hybridized carbons (Fsp3) is 0.471. The highest BCUT2D eigenvalue weighted by atomic mass is 16.6. The van der Waals surface area contributed by atoms with Crippen LogP contribution >= 0.6 is 0 Å². The molecule has 1 saturated heterocycles. The third-order valence-electron chi connectivity index (χ3n) is 4.24. The molecule has 10 nitrogen and oxygen atoms in total. The Bertz CT molecular complexity index is 791. The molecule has 1 aliphatic rings. The quantitative estimate of drug-likeness (QED) is 0.369. The summed E-state index contributed by atoms with van der Waals surface area (Å²) in [5.74, 6) is 0.702. The zero-order valence-corrected chi connectivity index (χ0v) is 15.0. The normalized spacial score (nSPS) is 13.1. The lowest BCUT2D eigenvalue weighted by Crippen LogP contribution is -2.38. The zero-order chi connectivity index (χ0) is 19.2. The van der Waals surface area contributed by atoms with Crippen molar-refractivity contribution in [2.24, 2.45) is 0 Å². The smallest absolute Gasteiger partial charge is 0.353 e. The topological polar surface area (TPSA) is 115 Å². The molecule has 0 bridgehead atoms. The Morgan fingerprint density at radius 2 is 2.26 bits per heavy atom. The Hall–Kier alpha value is -3.17. The lowest BCUT2D eigenvalue weighted by Gasteiger charge is -2.32. The molecule has 1 fully saturated rings. The average Bonchev–Trinajstić information content (AvgIpc) is 3.10. The standard InChI is InChI=1S/C17H21N5O5/c1-2-26-14(23)6-9-21(11-13-5-3-10-27-13)17-15(22(24)25)16(18-12-19-17)20-7-4-8-20/h3,5,10,12H,2,4,6-9,11H2,1H3. The van der Waals surface area contributed by atoms with Crippen LogP contribution in [0.2, 0.25) is 0 Å². The first kappa shape index (κ1) is 18.6. The Morgan fingerprint density at radius 1 is 1.44 bits per heavy atom. The molecule has 0 radical (unpaired) electrons. The first-order chi connectivity index (χ1) is 13.1. The van der Waals surface area contributed by atoms with Gasteiger partial charge in [0.15, 0.2) is 0 Å². The Balaban J connectivity index is 1.92. The third-order valence-corrected chi connectivity index (χ3v) is 4.24. The highest BCUT2D eigenvalue weighted by Gasteiger charge is 2.32. The Kier molecular flexibility index (Phi) is 5.84. The van der Waals surface area contributed by atoms with Gasteiger partial charge >= 0.3 is 11.7 Å². The van der Waals surface area contributed by atoms with Gasteiger partial charge in [0, 0.05) is 19.6 Å². The molecule has 2 aromatic heterocycles. The van der Waals surface area contributed by atoms with E-state index in [1.165, 1.54) is 12.6 Å². The SMILES string of the molecule is CCOC(=O)CCN(Cc1ccco1)c1ncnc(N2CCC2)c1[N+](=O)[O-]. The van der Waals surface area contributed by atoms with Crippen molar-refractivity contribution in [2.75, 3.05) is 36.0 Å². The number of aromatic nitrogens is 2. The van der Waals surface area contributed by atoms with Crippen molar-refractivity contribution in [3.05, 3.63) is 40.6 Å². The second-order valence-electron chi connectivity index (χ2n) is 6.02. The highest BCUT2D eigenvalue weighted by molar-refractivity contribution is 5.73. The van der Waals surface area contributed by atoms with E-state index in [-0.39, 0.29) is 43.6 Å². The maximum atomic E-state index is 11.8. The summed E-state index contributed by atoms with van der Waals surface area (Å²) in [4.78, 5) is 34.9. The summed E-state index contributed by atoms with van der Waals surface area (Å²) in [5.41, 5.74) is -0.160. The molecule has 27 heavy (non-hydrogen) atoms. The fourth-order valence-corrected chi connectivity index (χ4v) is 2.82. The van der Waals surface area contributed by atoms with Gasteiger partial charge in [0.05, 0.1) is 30.8 Å². The van der Waals surface area contributed by atoms with Gasteiger partial charge in [-0.1, -0.05) is 0 Å². The molecule has 10 heteroatoms. The molecule has 0 N–H and O–H groups in total. The molecule has 0 atom stereocenters. The predicted octanol–water partition coefficient (Wildman–Crippen LogP) is 2.15. The monoisotopic (exact) mass is 375 g/mol. The van der Waals surface area contributed by atoms with Gasteiger partial charge in [-0.15, -0.1) is 0 Å². The van der Waals surface area contributed by atoms with Crippen LogP contribution in [0.3, 0.4) is 0 Å². The largest absolute Gasteiger partial charge is 0.467 e. The molecule has 0 spiro atoms. The molecule has 0 aromatic carbocycles. The molecule has 3 rings (SSSR count). The maximum Gasteiger partial charge on any atom is 0.353 e. The second kappa shape index (κ2) is 8.47. The van der Waals surface area contributed by atoms with Gasteiger partial charge in [0.25, 0.3) is 0 Å². The number of esters is 1. The molecule has 0 amide bonds. The number of ether oxygens (including phenoxy) is 1. The van der Waals surface area contributed by atoms with Crippen LogP contribution in [0.1, 0.15) is 25.5 Å². The van der Waals surface area contributed by atoms with Crippen LogP contribution in [0.25, 0.3) is 0 Å². The van der Waals surface area contributed by atoms with Crippen molar-refractivity contribution in [1.29, 1.82) is 0 Å². The summed E-state index contributed by atoms with van der Waals surface area (Å²) in [6.07, 6.45) is 3.89. The molecular formula is C17H21N5O5. The molecule has 0 aliphatic carbocycles. The minimum atomic E-state index is -0.470. The number of rotatable bonds is 9. The fourth-order valence-electron chi connectivity index (χ4n) is 2.82. The number of carbonyl (C=O) groups is 1. The average molecular weight is 375 g/mol. The van der Waals surface area contributed by atoms with E-state index in [1.54, 1.807) is 24.0 Å². The number of furan rings is 1. The molecule has 0 unspecified atom stereocenters. The van der Waals surface area contributed by atoms with Gasteiger partial charge in [0.2, 0.25) is 11.6 Å². The molecule has 0 saturated carbocycles. The molecular weight excluding hydrogens is 354 g/mol. The van der Waals surface area contributed by atoms with Crippen LogP contribution in [0, 0.1) is 10.1 Å². The number of nitro groups is 1. The van der Waals surface area contributed by atoms with Crippen LogP contribution in [0.5, 0.6) is 0 Å². The van der Waals surface area contributed by atoms with E-state index in [9.17, 15) is 14.9 Å². The maximum absolute atomic E-state index is 11.8. The van der Waals surface area contributed by atoms with Crippen LogP contribution in [-0.4, -0.2) is 47.1 Å². The van der Waals surface area contributed by atoms with Crippen molar-refractivity contribution < 1.29 is 18.9 Å². The van der Waals surface area contributed by atoms with Crippen molar-refractivity contribution in [2.45, 2.75) is 26.3 Å². The van der Waals surface area contributed by atoms with Gasteiger partial charge in [-0.05, 0) is 25.5 Å². The number of nitrogens with zero attached hydrogens (tertiary/aromatic N) is 5. The van der Waals surface area contributed by atoms with Crippen LogP contribution in [0.4, 0.5) is 17.3 Å². The summed E-state index contributed by atoms with van der Waals surface area (Å²) in [5, 5.41) is 11.8. The van der Waals surface area contributed by atoms with Crippen LogP contribution in [0.15, 0.2) is 29.1 Å². The molecule has 1 aliphatic heterocycles. The van der Waals surface area contributed by atoms with Gasteiger partial charge in [-0.2, -0.15) is 0 Å². The van der Waals surface area contributed by atoms with E-state index in [0.717, 1.165) is 19.5 Å². The summed E-state index contributed by atoms with van der Waals surface area (Å²) in [6, 6.07) is 3.50. The van der Waals surface area contributed by atoms with E-state index in [1.807, 2.05) is 4.90 Å². The van der Waals surface area contributed by atoms with Crippen LogP contribution < -0.4 is 9.80 Å². The number of hydrogen-bond acceptors (Lipinski definition) is 9. The first-order valence-electron chi connectivity index (χ1n) is 8.77. The number of carbonyl (C=O) groups excluding carboxylic acids is 1. The Morgan fingerprint density at radius 3 is 2.85 bits per heavy atom. The van der Waals surface area contributed by atoms with Crippen molar-refractivity contribution in [1.82, 2.24) is 9.97 Å². The van der Waals surface area contributed by atoms with E-state index in [4.69, 9.17) is 9.15 Å². The summed E-state index contributed by atoms with van der Waals surface area (Å²) in [7, 11) is 0. The van der Waals surface area contributed by atoms with E-state index < -0.39 is 4.92 Å². The van der Waals surface area contributed by atoms with E-state index >= 15 is 0 Å². The summed E-state index contributed by atoms with van der Waals surface area (Å²) < 4.78 is 10.3. The summed E-state index contributed by atoms with van der Waals surface area (Å²) >= 11 is 0. The minimum Gasteiger partial charge on any atom is -0.467 e. The van der Waals surface area contributed by atoms with Crippen LogP contribution in [-0.2, 0) is 16.1 Å². The van der Waals surface area contributed by atoms with Crippen molar-refractivity contribution >= 4 is 23.3 Å². The molecule has 2 aromatic rings. The van der Waals surface area contributed by atoms with E-state index in [0.29, 0.717) is 11.6 Å². The highest BCUT2D eigenvalue weighted by Crippen LogP contribution is 2.36. The van der Waals surface area contributed by atoms with Crippen molar-refractivity contribution in [3.8, 4) is 0 Å².